The molecule has 0 aliphatic carbocycles. The van der Waals surface area contributed by atoms with E-state index in [0.717, 1.165) is 5.70 Å². The molecule has 3 heteroatoms. The monoisotopic (exact) mass is 210 g/mol. The van der Waals surface area contributed by atoms with Crippen molar-refractivity contribution in [2.45, 2.75) is 0 Å². The standard InChI is InChI=1S/C4H7IN2/c6-4-1-2-7-5-3-4/h1-3,5,7H,6H2. The number of nitrogens with one attached hydrogen (secondary N) is 1. The van der Waals surface area contributed by atoms with Gasteiger partial charge in [0.2, 0.25) is 0 Å². The Hall–Kier alpha value is -0.190. The van der Waals surface area contributed by atoms with Gasteiger partial charge in [-0.15, -0.1) is 0 Å². The van der Waals surface area contributed by atoms with Gasteiger partial charge in [-0.25, -0.2) is 0 Å². The van der Waals surface area contributed by atoms with Crippen LogP contribution in [0.3, 0.4) is 0 Å². The summed E-state index contributed by atoms with van der Waals surface area (Å²) in [7, 11) is 0. The normalized spacial score (nSPS) is 19.1. The zero-order valence-electron chi connectivity index (χ0n) is 3.72. The third kappa shape index (κ3) is 1.38. The average Bonchev–Trinajstić information content (AvgIpc) is 1.69. The van der Waals surface area contributed by atoms with Crippen LogP contribution in [-0.4, -0.2) is 0 Å². The molecule has 0 radical (unpaired) electrons. The molecule has 0 amide bonds. The molecule has 0 aromatic heterocycles. The van der Waals surface area contributed by atoms with Gasteiger partial charge in [0.15, 0.2) is 0 Å². The fourth-order valence-corrected chi connectivity index (χ4v) is 1.54. The van der Waals surface area contributed by atoms with E-state index in [-0.39, 0.29) is 21.5 Å². The molecule has 0 unspecified atom stereocenters. The maximum atomic E-state index is 5.40. The maximum absolute atomic E-state index is 5.40. The number of allylic oxidation sites excluding steroid dienone is 1. The van der Waals surface area contributed by atoms with E-state index in [1.54, 1.807) is 0 Å². The summed E-state index contributed by atoms with van der Waals surface area (Å²) in [4.78, 5) is 0. The predicted molar refractivity (Wildman–Crippen MR) is 40.0 cm³/mol. The quantitative estimate of drug-likeness (QED) is 0.451. The van der Waals surface area contributed by atoms with Crippen LogP contribution in [0.1, 0.15) is 0 Å². The molecule has 40 valence electrons. The molecule has 0 saturated heterocycles. The van der Waals surface area contributed by atoms with Gasteiger partial charge < -0.3 is 0 Å². The fourth-order valence-electron chi connectivity index (χ4n) is 0.311. The number of nitrogens with two attached hydrogens (primary N) is 1. The van der Waals surface area contributed by atoms with Gasteiger partial charge in [0.1, 0.15) is 0 Å². The first-order valence-electron chi connectivity index (χ1n) is 1.93. The molecule has 1 rings (SSSR count). The molecule has 0 aromatic carbocycles. The summed E-state index contributed by atoms with van der Waals surface area (Å²) >= 11 is -0.0971. The summed E-state index contributed by atoms with van der Waals surface area (Å²) in [5, 5.41) is 0. The van der Waals surface area contributed by atoms with Crippen LogP contribution in [-0.2, 0) is 0 Å². The van der Waals surface area contributed by atoms with Crippen molar-refractivity contribution >= 4 is 21.5 Å². The summed E-state index contributed by atoms with van der Waals surface area (Å²) < 4.78 is 5.17. The second kappa shape index (κ2) is 2.20. The van der Waals surface area contributed by atoms with Crippen LogP contribution in [0, 0.1) is 0 Å². The number of halogens is 1. The predicted octanol–water partition coefficient (Wildman–Crippen LogP) is 0.521. The molecule has 0 saturated carbocycles. The Labute approximate surface area is 53.1 Å². The Morgan fingerprint density at radius 3 is 2.86 bits per heavy atom. The van der Waals surface area contributed by atoms with Crippen molar-refractivity contribution in [2.75, 3.05) is 0 Å². The van der Waals surface area contributed by atoms with Gasteiger partial charge in [0, 0.05) is 0 Å². The molecule has 2 nitrogen and oxygen atoms in total. The van der Waals surface area contributed by atoms with Gasteiger partial charge in [0.25, 0.3) is 0 Å². The van der Waals surface area contributed by atoms with Gasteiger partial charge in [-0.3, -0.25) is 0 Å². The van der Waals surface area contributed by atoms with Gasteiger partial charge in [-0.1, -0.05) is 0 Å². The van der Waals surface area contributed by atoms with Crippen LogP contribution < -0.4 is 9.26 Å². The average molecular weight is 210 g/mol. The van der Waals surface area contributed by atoms with Crippen molar-refractivity contribution in [1.82, 2.24) is 3.53 Å². The number of rotatable bonds is 0. The third-order valence-electron chi connectivity index (χ3n) is 0.607. The van der Waals surface area contributed by atoms with Crippen molar-refractivity contribution < 1.29 is 0 Å². The molecule has 0 spiro atoms. The van der Waals surface area contributed by atoms with Crippen molar-refractivity contribution in [2.24, 2.45) is 5.73 Å². The molecule has 0 aromatic rings. The Balaban J connectivity index is 2.58. The molecule has 1 aliphatic rings. The van der Waals surface area contributed by atoms with Crippen LogP contribution in [0.4, 0.5) is 0 Å². The molecule has 1 aliphatic heterocycles. The van der Waals surface area contributed by atoms with E-state index in [1.807, 2.05) is 12.3 Å². The molecule has 3 N–H and O–H groups in total. The number of hydrogen-bond acceptors (Lipinski definition) is 2. The first-order valence-corrected chi connectivity index (χ1v) is 4.44. The SMILES string of the molecule is NC1=C[IH]NC=C1. The third-order valence-corrected chi connectivity index (χ3v) is 2.50. The summed E-state index contributed by atoms with van der Waals surface area (Å²) in [6.07, 6.45) is 3.77. The number of hydrogen-bond donors (Lipinski definition) is 2. The summed E-state index contributed by atoms with van der Waals surface area (Å²) in [6.45, 7) is 0. The fraction of sp³-hybridized carbons (Fsp3) is 0. The van der Waals surface area contributed by atoms with E-state index in [1.165, 1.54) is 0 Å². The van der Waals surface area contributed by atoms with E-state index in [2.05, 4.69) is 7.61 Å². The van der Waals surface area contributed by atoms with Crippen LogP contribution in [0.15, 0.2) is 22.1 Å². The molecule has 0 bridgehead atoms. The second-order valence-corrected chi connectivity index (χ2v) is 3.21. The zero-order valence-corrected chi connectivity index (χ0v) is 6.05. The van der Waals surface area contributed by atoms with Crippen LogP contribution in [0.25, 0.3) is 0 Å². The van der Waals surface area contributed by atoms with Crippen LogP contribution in [0.5, 0.6) is 0 Å². The zero-order chi connectivity index (χ0) is 5.11. The van der Waals surface area contributed by atoms with Gasteiger partial charge in [0.05, 0.1) is 0 Å². The van der Waals surface area contributed by atoms with Crippen molar-refractivity contribution in [3.8, 4) is 0 Å². The van der Waals surface area contributed by atoms with Crippen LogP contribution in [0.2, 0.25) is 0 Å². The first kappa shape index (κ1) is 4.96. The molecular formula is C4H7IN2. The Morgan fingerprint density at radius 1 is 1.71 bits per heavy atom. The minimum absolute atomic E-state index is 0.0971. The molecule has 7 heavy (non-hydrogen) atoms. The van der Waals surface area contributed by atoms with Crippen molar-refractivity contribution in [3.63, 3.8) is 0 Å². The van der Waals surface area contributed by atoms with Gasteiger partial charge in [-0.05, 0) is 0 Å². The Bertz CT molecular complexity index is 117. The van der Waals surface area contributed by atoms with E-state index in [4.69, 9.17) is 5.73 Å². The Morgan fingerprint density at radius 2 is 2.57 bits per heavy atom. The van der Waals surface area contributed by atoms with E-state index in [0.29, 0.717) is 0 Å². The molecule has 0 fully saturated rings. The molecular weight excluding hydrogens is 203 g/mol. The molecule has 1 heterocycles. The summed E-state index contributed by atoms with van der Waals surface area (Å²) in [6, 6.07) is 0. The van der Waals surface area contributed by atoms with Crippen molar-refractivity contribution in [3.05, 3.63) is 22.1 Å². The van der Waals surface area contributed by atoms with Crippen LogP contribution >= 0.6 is 21.5 Å². The summed E-state index contributed by atoms with van der Waals surface area (Å²) in [5.74, 6) is 0. The minimum atomic E-state index is -0.0971. The Kier molecular flexibility index (Phi) is 1.56. The summed E-state index contributed by atoms with van der Waals surface area (Å²) in [5.41, 5.74) is 6.31. The van der Waals surface area contributed by atoms with E-state index in [9.17, 15) is 0 Å². The second-order valence-electron chi connectivity index (χ2n) is 1.19. The van der Waals surface area contributed by atoms with E-state index < -0.39 is 0 Å². The van der Waals surface area contributed by atoms with Crippen molar-refractivity contribution in [1.29, 1.82) is 0 Å². The van der Waals surface area contributed by atoms with Gasteiger partial charge >= 0.3 is 52.8 Å². The first-order chi connectivity index (χ1) is 3.39. The topological polar surface area (TPSA) is 38.0 Å². The van der Waals surface area contributed by atoms with E-state index >= 15 is 0 Å². The van der Waals surface area contributed by atoms with Gasteiger partial charge in [-0.2, -0.15) is 0 Å². The molecule has 0 atom stereocenters.